The van der Waals surface area contributed by atoms with Crippen LogP contribution in [0.4, 0.5) is 11.4 Å². The minimum atomic E-state index is -0.0334. The molecule has 3 unspecified atom stereocenters. The summed E-state index contributed by atoms with van der Waals surface area (Å²) in [4.78, 5) is 29.3. The Morgan fingerprint density at radius 3 is 2.00 bits per heavy atom. The number of nitrogens with zero attached hydrogens (tertiary/aromatic N) is 2. The molecule has 0 bridgehead atoms. The molecule has 2 heterocycles. The van der Waals surface area contributed by atoms with Gasteiger partial charge >= 0.3 is 0 Å². The molecule has 0 spiro atoms. The molecule has 2 aliphatic rings. The Morgan fingerprint density at radius 1 is 0.767 bits per heavy atom. The number of unbranched alkanes of at least 4 members (excludes halogenated alkanes) is 3. The summed E-state index contributed by atoms with van der Waals surface area (Å²) in [5.41, 5.74) is 6.48. The van der Waals surface area contributed by atoms with Gasteiger partial charge in [0, 0.05) is 11.4 Å². The molecule has 2 aliphatic heterocycles. The summed E-state index contributed by atoms with van der Waals surface area (Å²) in [6.07, 6.45) is 11.2. The molecule has 0 aliphatic carbocycles. The fourth-order valence-corrected chi connectivity index (χ4v) is 7.50. The van der Waals surface area contributed by atoms with Gasteiger partial charge in [-0.3, -0.25) is 14.5 Å². The maximum atomic E-state index is 13.5. The fourth-order valence-electron chi connectivity index (χ4n) is 7.50. The van der Waals surface area contributed by atoms with Crippen LogP contribution in [0.3, 0.4) is 0 Å². The summed E-state index contributed by atoms with van der Waals surface area (Å²) < 4.78 is 1.09. The summed E-state index contributed by atoms with van der Waals surface area (Å²) in [5, 5.41) is 6.57. The number of carbonyl (C=O) groups is 2. The Bertz CT molecular complexity index is 1190. The largest absolute Gasteiger partial charge is 0.325 e. The zero-order valence-corrected chi connectivity index (χ0v) is 27.6. The van der Waals surface area contributed by atoms with E-state index in [1.807, 2.05) is 6.07 Å². The van der Waals surface area contributed by atoms with Crippen LogP contribution in [-0.4, -0.2) is 66.5 Å². The van der Waals surface area contributed by atoms with Gasteiger partial charge in [-0.25, -0.2) is 0 Å². The van der Waals surface area contributed by atoms with Crippen molar-refractivity contribution in [3.8, 4) is 0 Å². The van der Waals surface area contributed by atoms with E-state index < -0.39 is 0 Å². The van der Waals surface area contributed by atoms with E-state index in [1.165, 1.54) is 45.2 Å². The van der Waals surface area contributed by atoms with E-state index in [-0.39, 0.29) is 23.8 Å². The van der Waals surface area contributed by atoms with Crippen LogP contribution in [0.1, 0.15) is 93.4 Å². The molecule has 2 saturated heterocycles. The standard InChI is InChI=1S/C37H56N4O2/c1-6-7-24-41(26-15-20-32(27-41)36(42)38-34-28(2)16-13-17-29(34)3)25-12-8-10-22-40-23-11-9-21-33(40)37(43)39-35-30(4)18-14-19-31(35)5/h13-14,16-19,32-33H,6-12,15,20-27H2,1-5H3,(H-,38,39,42,43)/p+1. The molecule has 2 aromatic carbocycles. The third kappa shape index (κ3) is 8.92. The van der Waals surface area contributed by atoms with Crippen molar-refractivity contribution >= 4 is 23.2 Å². The zero-order chi connectivity index (χ0) is 30.8. The predicted octanol–water partition coefficient (Wildman–Crippen LogP) is 7.55. The highest BCUT2D eigenvalue weighted by Gasteiger charge is 2.37. The molecule has 4 rings (SSSR count). The molecule has 236 valence electrons. The number of hydrogen-bond donors (Lipinski definition) is 2. The molecule has 0 radical (unpaired) electrons. The van der Waals surface area contributed by atoms with Gasteiger partial charge in [0.25, 0.3) is 0 Å². The minimum Gasteiger partial charge on any atom is -0.325 e. The van der Waals surface area contributed by atoms with Gasteiger partial charge in [0.05, 0.1) is 38.1 Å². The van der Waals surface area contributed by atoms with Crippen molar-refractivity contribution in [1.29, 1.82) is 0 Å². The molecule has 2 amide bonds. The fraction of sp³-hybridized carbons (Fsp3) is 0.622. The Morgan fingerprint density at radius 2 is 1.37 bits per heavy atom. The van der Waals surface area contributed by atoms with Crippen LogP contribution < -0.4 is 10.6 Å². The van der Waals surface area contributed by atoms with Crippen molar-refractivity contribution in [1.82, 2.24) is 4.90 Å². The van der Waals surface area contributed by atoms with E-state index in [0.29, 0.717) is 0 Å². The second-order valence-corrected chi connectivity index (χ2v) is 13.5. The second-order valence-electron chi connectivity index (χ2n) is 13.5. The first-order chi connectivity index (χ1) is 20.7. The number of nitrogens with one attached hydrogen (secondary N) is 2. The third-order valence-electron chi connectivity index (χ3n) is 10.1. The van der Waals surface area contributed by atoms with Gasteiger partial charge in [0.1, 0.15) is 0 Å². The molecule has 2 N–H and O–H groups in total. The quantitative estimate of drug-likeness (QED) is 0.187. The van der Waals surface area contributed by atoms with Crippen LogP contribution in [0.5, 0.6) is 0 Å². The lowest BCUT2D eigenvalue weighted by Gasteiger charge is -2.44. The lowest BCUT2D eigenvalue weighted by atomic mass is 9.93. The predicted molar refractivity (Wildman–Crippen MR) is 180 cm³/mol. The highest BCUT2D eigenvalue weighted by atomic mass is 16.2. The van der Waals surface area contributed by atoms with Gasteiger partial charge in [0.15, 0.2) is 0 Å². The average Bonchev–Trinajstić information content (AvgIpc) is 3.00. The number of likely N-dealkylation sites (tertiary alicyclic amines) is 2. The van der Waals surface area contributed by atoms with Gasteiger partial charge in [-0.1, -0.05) is 56.2 Å². The van der Waals surface area contributed by atoms with Crippen LogP contribution in [0.25, 0.3) is 0 Å². The molecule has 0 aromatic heterocycles. The van der Waals surface area contributed by atoms with E-state index in [4.69, 9.17) is 0 Å². The summed E-state index contributed by atoms with van der Waals surface area (Å²) in [6.45, 7) is 17.1. The molecule has 2 aromatic rings. The van der Waals surface area contributed by atoms with Crippen LogP contribution in [0.2, 0.25) is 0 Å². The molecular formula is C37H57N4O2+. The third-order valence-corrected chi connectivity index (χ3v) is 10.1. The number of aryl methyl sites for hydroxylation is 4. The number of benzene rings is 2. The van der Waals surface area contributed by atoms with E-state index in [1.54, 1.807) is 0 Å². The van der Waals surface area contributed by atoms with E-state index >= 15 is 0 Å². The monoisotopic (exact) mass is 589 g/mol. The first kappa shape index (κ1) is 33.2. The topological polar surface area (TPSA) is 61.4 Å². The average molecular weight is 590 g/mol. The zero-order valence-electron chi connectivity index (χ0n) is 27.6. The Balaban J connectivity index is 1.29. The molecular weight excluding hydrogens is 532 g/mol. The van der Waals surface area contributed by atoms with Crippen molar-refractivity contribution in [2.75, 3.05) is 49.9 Å². The van der Waals surface area contributed by atoms with E-state index in [0.717, 1.165) is 96.4 Å². The molecule has 6 nitrogen and oxygen atoms in total. The van der Waals surface area contributed by atoms with Gasteiger partial charge < -0.3 is 15.1 Å². The van der Waals surface area contributed by atoms with Crippen LogP contribution in [-0.2, 0) is 9.59 Å². The molecule has 0 saturated carbocycles. The highest BCUT2D eigenvalue weighted by molar-refractivity contribution is 5.96. The van der Waals surface area contributed by atoms with Crippen LogP contribution in [0.15, 0.2) is 36.4 Å². The molecule has 2 fully saturated rings. The SMILES string of the molecule is CCCC[N+]1(CCCCCN2CCCCC2C(=O)Nc2c(C)cccc2C)CCCC(C(=O)Nc2c(C)cccc2C)C1. The second kappa shape index (κ2) is 15.9. The summed E-state index contributed by atoms with van der Waals surface area (Å²) in [5.74, 6) is 0.431. The smallest absolute Gasteiger partial charge is 0.241 e. The Kier molecular flexibility index (Phi) is 12.2. The Labute approximate surface area is 261 Å². The molecule has 6 heteroatoms. The van der Waals surface area contributed by atoms with Crippen LogP contribution >= 0.6 is 0 Å². The summed E-state index contributed by atoms with van der Waals surface area (Å²) in [6, 6.07) is 12.4. The maximum Gasteiger partial charge on any atom is 0.241 e. The summed E-state index contributed by atoms with van der Waals surface area (Å²) >= 11 is 0. The summed E-state index contributed by atoms with van der Waals surface area (Å²) in [7, 11) is 0. The molecule has 3 atom stereocenters. The van der Waals surface area contributed by atoms with Gasteiger partial charge in [-0.15, -0.1) is 0 Å². The van der Waals surface area contributed by atoms with Crippen molar-refractivity contribution in [3.63, 3.8) is 0 Å². The van der Waals surface area contributed by atoms with E-state index in [9.17, 15) is 9.59 Å². The van der Waals surface area contributed by atoms with Crippen LogP contribution in [0, 0.1) is 33.6 Å². The molecule has 43 heavy (non-hydrogen) atoms. The number of amides is 2. The minimum absolute atomic E-state index is 0.0334. The number of piperidine rings is 2. The first-order valence-electron chi connectivity index (χ1n) is 17.1. The number of rotatable bonds is 13. The number of para-hydroxylation sites is 2. The van der Waals surface area contributed by atoms with Crippen molar-refractivity contribution < 1.29 is 14.1 Å². The number of quaternary nitrogens is 1. The van der Waals surface area contributed by atoms with Crippen molar-refractivity contribution in [2.45, 2.75) is 105 Å². The Hall–Kier alpha value is -2.70. The van der Waals surface area contributed by atoms with Crippen molar-refractivity contribution in [2.24, 2.45) is 5.92 Å². The lowest BCUT2D eigenvalue weighted by Crippen LogP contribution is -2.57. The lowest BCUT2D eigenvalue weighted by molar-refractivity contribution is -0.935. The van der Waals surface area contributed by atoms with Gasteiger partial charge in [-0.2, -0.15) is 0 Å². The normalized spacial score (nSPS) is 22.7. The number of hydrogen-bond acceptors (Lipinski definition) is 3. The van der Waals surface area contributed by atoms with Gasteiger partial charge in [-0.05, 0) is 114 Å². The van der Waals surface area contributed by atoms with E-state index in [2.05, 4.69) is 80.5 Å². The highest BCUT2D eigenvalue weighted by Crippen LogP contribution is 2.29. The van der Waals surface area contributed by atoms with Gasteiger partial charge in [0.2, 0.25) is 11.8 Å². The number of carbonyl (C=O) groups excluding carboxylic acids is 2. The van der Waals surface area contributed by atoms with Crippen molar-refractivity contribution in [3.05, 3.63) is 58.7 Å². The first-order valence-corrected chi connectivity index (χ1v) is 17.1. The number of anilines is 2. The maximum absolute atomic E-state index is 13.5.